The van der Waals surface area contributed by atoms with Crippen LogP contribution in [0, 0.1) is 0 Å². The van der Waals surface area contributed by atoms with Gasteiger partial charge in [-0.1, -0.05) is 6.07 Å². The van der Waals surface area contributed by atoms with Crippen molar-refractivity contribution in [3.05, 3.63) is 36.3 Å². The summed E-state index contributed by atoms with van der Waals surface area (Å²) in [6.45, 7) is 7.22. The Hall–Kier alpha value is -2.57. The summed E-state index contributed by atoms with van der Waals surface area (Å²) < 4.78 is 12.1. The molecule has 0 fully saturated rings. The largest absolute Gasteiger partial charge is 0.464 e. The van der Waals surface area contributed by atoms with Crippen molar-refractivity contribution >= 4 is 17.7 Å². The summed E-state index contributed by atoms with van der Waals surface area (Å²) in [5.74, 6) is -0.514. The van der Waals surface area contributed by atoms with Gasteiger partial charge in [0.15, 0.2) is 0 Å². The topological polar surface area (TPSA) is 81.9 Å². The Bertz CT molecular complexity index is 685. The first kappa shape index (κ1) is 17.8. The average Bonchev–Trinajstić information content (AvgIpc) is 2.87. The zero-order valence-corrected chi connectivity index (χ0v) is 14.4. The Morgan fingerprint density at radius 3 is 2.71 bits per heavy atom. The minimum Gasteiger partial charge on any atom is -0.464 e. The molecular weight excluding hydrogens is 310 g/mol. The molecule has 24 heavy (non-hydrogen) atoms. The Kier molecular flexibility index (Phi) is 5.43. The lowest BCUT2D eigenvalue weighted by Gasteiger charge is -2.22. The molecular formula is C17H23N3O4. The van der Waals surface area contributed by atoms with Crippen LogP contribution in [0.5, 0.6) is 0 Å². The maximum Gasteiger partial charge on any atom is 0.408 e. The lowest BCUT2D eigenvalue weighted by molar-refractivity contribution is -0.145. The van der Waals surface area contributed by atoms with Crippen molar-refractivity contribution in [2.24, 2.45) is 0 Å². The number of pyridine rings is 1. The highest BCUT2D eigenvalue weighted by Gasteiger charge is 2.26. The Labute approximate surface area is 141 Å². The number of carbonyl (C=O) groups excluding carboxylic acids is 2. The molecule has 0 aromatic carbocycles. The molecule has 1 atom stereocenters. The van der Waals surface area contributed by atoms with Crippen LogP contribution >= 0.6 is 0 Å². The van der Waals surface area contributed by atoms with Gasteiger partial charge in [0.2, 0.25) is 0 Å². The van der Waals surface area contributed by atoms with E-state index in [0.717, 1.165) is 5.65 Å². The molecule has 1 unspecified atom stereocenters. The van der Waals surface area contributed by atoms with Crippen LogP contribution in [0.1, 0.15) is 33.4 Å². The van der Waals surface area contributed by atoms with E-state index in [1.807, 2.05) is 35.0 Å². The first-order chi connectivity index (χ1) is 11.3. The fraction of sp³-hybridized carbons (Fsp3) is 0.471. The van der Waals surface area contributed by atoms with Gasteiger partial charge in [-0.25, -0.2) is 14.6 Å². The van der Waals surface area contributed by atoms with E-state index in [1.54, 1.807) is 27.7 Å². The number of amides is 1. The molecule has 1 amide bonds. The average molecular weight is 333 g/mol. The molecule has 130 valence electrons. The molecule has 1 N–H and O–H groups in total. The second kappa shape index (κ2) is 7.33. The van der Waals surface area contributed by atoms with Crippen molar-refractivity contribution in [1.82, 2.24) is 14.7 Å². The van der Waals surface area contributed by atoms with Crippen LogP contribution in [0.15, 0.2) is 30.6 Å². The highest BCUT2D eigenvalue weighted by Crippen LogP contribution is 2.10. The van der Waals surface area contributed by atoms with Crippen molar-refractivity contribution < 1.29 is 19.1 Å². The smallest absolute Gasteiger partial charge is 0.408 e. The van der Waals surface area contributed by atoms with Crippen LogP contribution in [0.25, 0.3) is 5.65 Å². The van der Waals surface area contributed by atoms with Gasteiger partial charge in [-0.2, -0.15) is 0 Å². The molecule has 2 heterocycles. The fourth-order valence-corrected chi connectivity index (χ4v) is 2.18. The molecule has 2 aromatic rings. The van der Waals surface area contributed by atoms with E-state index in [4.69, 9.17) is 9.47 Å². The van der Waals surface area contributed by atoms with Gasteiger partial charge >= 0.3 is 12.1 Å². The van der Waals surface area contributed by atoms with Crippen LogP contribution in [0.2, 0.25) is 0 Å². The normalized spacial score (nSPS) is 12.7. The van der Waals surface area contributed by atoms with Gasteiger partial charge in [0, 0.05) is 18.8 Å². The van der Waals surface area contributed by atoms with Crippen LogP contribution < -0.4 is 5.32 Å². The Morgan fingerprint density at radius 2 is 2.08 bits per heavy atom. The molecule has 2 rings (SSSR count). The summed E-state index contributed by atoms with van der Waals surface area (Å²) in [7, 11) is 0. The van der Waals surface area contributed by atoms with Crippen LogP contribution in [-0.4, -0.2) is 39.7 Å². The number of aromatic nitrogens is 2. The minimum absolute atomic E-state index is 0.222. The summed E-state index contributed by atoms with van der Waals surface area (Å²) >= 11 is 0. The summed E-state index contributed by atoms with van der Waals surface area (Å²) in [5, 5.41) is 2.57. The summed E-state index contributed by atoms with van der Waals surface area (Å²) in [6.07, 6.45) is 3.24. The number of nitrogens with zero attached hydrogens (tertiary/aromatic N) is 2. The zero-order valence-electron chi connectivity index (χ0n) is 14.4. The highest BCUT2D eigenvalue weighted by atomic mass is 16.6. The van der Waals surface area contributed by atoms with Crippen molar-refractivity contribution in [2.45, 2.75) is 45.8 Å². The number of ether oxygens (including phenoxy) is 2. The fourth-order valence-electron chi connectivity index (χ4n) is 2.18. The summed E-state index contributed by atoms with van der Waals surface area (Å²) in [5.41, 5.74) is 0.800. The van der Waals surface area contributed by atoms with Crippen LogP contribution in [-0.2, 0) is 20.7 Å². The number of hydrogen-bond acceptors (Lipinski definition) is 5. The summed E-state index contributed by atoms with van der Waals surface area (Å²) in [4.78, 5) is 28.6. The number of carbonyl (C=O) groups is 2. The second-order valence-electron chi connectivity index (χ2n) is 6.35. The van der Waals surface area contributed by atoms with Crippen molar-refractivity contribution in [3.8, 4) is 0 Å². The lowest BCUT2D eigenvalue weighted by Crippen LogP contribution is -2.45. The number of hydrogen-bond donors (Lipinski definition) is 1. The van der Waals surface area contributed by atoms with Gasteiger partial charge in [0.1, 0.15) is 17.3 Å². The molecule has 0 aliphatic heterocycles. The maximum absolute atomic E-state index is 12.1. The van der Waals surface area contributed by atoms with Gasteiger partial charge in [0.05, 0.1) is 12.3 Å². The maximum atomic E-state index is 12.1. The molecule has 7 nitrogen and oxygen atoms in total. The molecule has 0 aliphatic carbocycles. The molecule has 0 bridgehead atoms. The predicted octanol–water partition coefficient (Wildman–Crippen LogP) is 2.33. The van der Waals surface area contributed by atoms with Crippen molar-refractivity contribution in [2.75, 3.05) is 6.61 Å². The third-order valence-electron chi connectivity index (χ3n) is 3.09. The number of esters is 1. The van der Waals surface area contributed by atoms with Gasteiger partial charge in [-0.3, -0.25) is 0 Å². The van der Waals surface area contributed by atoms with Gasteiger partial charge in [-0.05, 0) is 39.8 Å². The molecule has 7 heteroatoms. The number of rotatable bonds is 5. The van der Waals surface area contributed by atoms with Crippen LogP contribution in [0.4, 0.5) is 4.79 Å². The molecule has 2 aromatic heterocycles. The Morgan fingerprint density at radius 1 is 1.33 bits per heavy atom. The van der Waals surface area contributed by atoms with E-state index in [2.05, 4.69) is 10.3 Å². The monoisotopic (exact) mass is 333 g/mol. The quantitative estimate of drug-likeness (QED) is 0.849. The third-order valence-corrected chi connectivity index (χ3v) is 3.09. The highest BCUT2D eigenvalue weighted by molar-refractivity contribution is 5.81. The van der Waals surface area contributed by atoms with E-state index in [0.29, 0.717) is 5.69 Å². The lowest BCUT2D eigenvalue weighted by atomic mass is 10.1. The van der Waals surface area contributed by atoms with Gasteiger partial charge in [-0.15, -0.1) is 0 Å². The number of alkyl carbamates (subject to hydrolysis) is 1. The SMILES string of the molecule is CCOC(=O)C(Cc1cn2ccccc2n1)NC(=O)OC(C)(C)C. The molecule has 0 spiro atoms. The van der Waals surface area contributed by atoms with E-state index < -0.39 is 23.7 Å². The van der Waals surface area contributed by atoms with E-state index >= 15 is 0 Å². The Balaban J connectivity index is 2.13. The number of fused-ring (bicyclic) bond motifs is 1. The zero-order chi connectivity index (χ0) is 17.7. The molecule has 0 saturated heterocycles. The minimum atomic E-state index is -0.857. The van der Waals surface area contributed by atoms with Crippen molar-refractivity contribution in [1.29, 1.82) is 0 Å². The van der Waals surface area contributed by atoms with Gasteiger partial charge in [0.25, 0.3) is 0 Å². The number of imidazole rings is 1. The third kappa shape index (κ3) is 4.97. The first-order valence-corrected chi connectivity index (χ1v) is 7.87. The van der Waals surface area contributed by atoms with Crippen LogP contribution in [0.3, 0.4) is 0 Å². The second-order valence-corrected chi connectivity index (χ2v) is 6.35. The molecule has 0 aliphatic rings. The van der Waals surface area contributed by atoms with E-state index in [9.17, 15) is 9.59 Å². The van der Waals surface area contributed by atoms with Gasteiger partial charge < -0.3 is 19.2 Å². The molecule has 0 radical (unpaired) electrons. The van der Waals surface area contributed by atoms with Crippen molar-refractivity contribution in [3.63, 3.8) is 0 Å². The molecule has 0 saturated carbocycles. The first-order valence-electron chi connectivity index (χ1n) is 7.87. The summed E-state index contributed by atoms with van der Waals surface area (Å²) in [6, 6.07) is 4.78. The standard InChI is InChI=1S/C17H23N3O4/c1-5-23-15(21)13(19-16(22)24-17(2,3)4)10-12-11-20-9-7-6-8-14(20)18-12/h6-9,11,13H,5,10H2,1-4H3,(H,19,22). The predicted molar refractivity (Wildman–Crippen MR) is 88.7 cm³/mol. The van der Waals surface area contributed by atoms with E-state index in [-0.39, 0.29) is 13.0 Å². The van der Waals surface area contributed by atoms with E-state index in [1.165, 1.54) is 0 Å². The number of nitrogens with one attached hydrogen (secondary N) is 1.